The summed E-state index contributed by atoms with van der Waals surface area (Å²) >= 11 is 12.4. The van der Waals surface area contributed by atoms with Crippen LogP contribution >= 0.6 is 23.2 Å². The van der Waals surface area contributed by atoms with Crippen molar-refractivity contribution in [1.82, 2.24) is 10.2 Å². The van der Waals surface area contributed by atoms with Crippen molar-refractivity contribution < 1.29 is 18.0 Å². The van der Waals surface area contributed by atoms with E-state index < -0.39 is 28.5 Å². The Morgan fingerprint density at radius 1 is 1.06 bits per heavy atom. The molecule has 0 saturated carbocycles. The molecule has 35 heavy (non-hydrogen) atoms. The summed E-state index contributed by atoms with van der Waals surface area (Å²) in [6.45, 7) is 8.56. The summed E-state index contributed by atoms with van der Waals surface area (Å²) in [4.78, 5) is 28.0. The van der Waals surface area contributed by atoms with Crippen LogP contribution in [0.3, 0.4) is 0 Å². The average molecular weight is 543 g/mol. The molecule has 2 amide bonds. The Hall–Kier alpha value is -2.29. The van der Waals surface area contributed by atoms with Crippen LogP contribution in [0.4, 0.5) is 5.69 Å². The third-order valence-corrected chi connectivity index (χ3v) is 7.59. The first kappa shape index (κ1) is 28.9. The summed E-state index contributed by atoms with van der Waals surface area (Å²) in [7, 11) is -3.81. The van der Waals surface area contributed by atoms with Crippen molar-refractivity contribution in [1.29, 1.82) is 0 Å². The Morgan fingerprint density at radius 3 is 2.17 bits per heavy atom. The van der Waals surface area contributed by atoms with E-state index in [9.17, 15) is 18.0 Å². The van der Waals surface area contributed by atoms with Crippen LogP contribution in [-0.2, 0) is 26.2 Å². The third kappa shape index (κ3) is 7.59. The van der Waals surface area contributed by atoms with Gasteiger partial charge in [-0.25, -0.2) is 8.42 Å². The van der Waals surface area contributed by atoms with Crippen molar-refractivity contribution in [3.05, 3.63) is 63.1 Å². The molecule has 10 heteroatoms. The van der Waals surface area contributed by atoms with Crippen LogP contribution < -0.4 is 9.62 Å². The van der Waals surface area contributed by atoms with E-state index >= 15 is 0 Å². The molecular weight excluding hydrogens is 509 g/mol. The second-order valence-corrected chi connectivity index (χ2v) is 11.5. The molecule has 2 aromatic rings. The van der Waals surface area contributed by atoms with E-state index in [1.165, 1.54) is 4.90 Å². The first-order chi connectivity index (χ1) is 16.3. The number of carbonyl (C=O) groups excluding carboxylic acids is 2. The average Bonchev–Trinajstić information content (AvgIpc) is 2.76. The van der Waals surface area contributed by atoms with Crippen LogP contribution in [0.1, 0.15) is 43.9 Å². The molecule has 0 radical (unpaired) electrons. The van der Waals surface area contributed by atoms with Crippen molar-refractivity contribution in [2.75, 3.05) is 17.1 Å². The number of carbonyl (C=O) groups is 2. The Labute approximate surface area is 218 Å². The van der Waals surface area contributed by atoms with Crippen molar-refractivity contribution in [3.8, 4) is 0 Å². The topological polar surface area (TPSA) is 86.8 Å². The molecule has 0 bridgehead atoms. The number of rotatable bonds is 10. The third-order valence-electron chi connectivity index (χ3n) is 5.89. The molecule has 2 rings (SSSR count). The van der Waals surface area contributed by atoms with Crippen LogP contribution in [0.5, 0.6) is 0 Å². The lowest BCUT2D eigenvalue weighted by Gasteiger charge is -2.33. The van der Waals surface area contributed by atoms with Gasteiger partial charge in [0.1, 0.15) is 12.6 Å². The van der Waals surface area contributed by atoms with Gasteiger partial charge in [0.25, 0.3) is 0 Å². The van der Waals surface area contributed by atoms with E-state index in [4.69, 9.17) is 23.2 Å². The van der Waals surface area contributed by atoms with Gasteiger partial charge in [0.05, 0.1) is 11.9 Å². The van der Waals surface area contributed by atoms with E-state index in [2.05, 4.69) is 5.32 Å². The molecule has 0 aliphatic carbocycles. The van der Waals surface area contributed by atoms with Gasteiger partial charge < -0.3 is 10.2 Å². The number of nitrogens with one attached hydrogen (secondary N) is 1. The predicted octanol–water partition coefficient (Wildman–Crippen LogP) is 4.71. The molecule has 0 aromatic heterocycles. The summed E-state index contributed by atoms with van der Waals surface area (Å²) < 4.78 is 26.6. The minimum Gasteiger partial charge on any atom is -0.352 e. The van der Waals surface area contributed by atoms with Crippen LogP contribution in [0.2, 0.25) is 10.0 Å². The lowest BCUT2D eigenvalue weighted by Crippen LogP contribution is -2.52. The first-order valence-corrected chi connectivity index (χ1v) is 13.9. The second-order valence-electron chi connectivity index (χ2n) is 8.76. The van der Waals surface area contributed by atoms with Crippen LogP contribution in [0.25, 0.3) is 0 Å². The number of sulfonamides is 1. The zero-order valence-corrected chi connectivity index (χ0v) is 23.3. The minimum absolute atomic E-state index is 0.00822. The molecule has 0 aliphatic rings. The van der Waals surface area contributed by atoms with Crippen LogP contribution in [0.15, 0.2) is 36.4 Å². The molecule has 7 nitrogen and oxygen atoms in total. The maximum Gasteiger partial charge on any atom is 0.244 e. The number of halogens is 2. The molecule has 1 N–H and O–H groups in total. The molecule has 2 aromatic carbocycles. The summed E-state index contributed by atoms with van der Waals surface area (Å²) in [5.74, 6) is -0.869. The predicted molar refractivity (Wildman–Crippen MR) is 142 cm³/mol. The van der Waals surface area contributed by atoms with E-state index in [-0.39, 0.29) is 18.5 Å². The van der Waals surface area contributed by atoms with Crippen LogP contribution in [0, 0.1) is 13.8 Å². The number of benzene rings is 2. The van der Waals surface area contributed by atoms with Crippen LogP contribution in [-0.4, -0.2) is 50.0 Å². The zero-order valence-electron chi connectivity index (χ0n) is 20.9. The highest BCUT2D eigenvalue weighted by atomic mass is 35.5. The Balaban J connectivity index is 2.48. The van der Waals surface area contributed by atoms with Crippen molar-refractivity contribution in [2.24, 2.45) is 0 Å². The van der Waals surface area contributed by atoms with E-state index in [0.717, 1.165) is 28.1 Å². The second kappa shape index (κ2) is 12.1. The number of hydrogen-bond acceptors (Lipinski definition) is 4. The molecule has 2 atom stereocenters. The Morgan fingerprint density at radius 2 is 1.66 bits per heavy atom. The number of aryl methyl sites for hydroxylation is 2. The van der Waals surface area contributed by atoms with E-state index in [1.54, 1.807) is 51.1 Å². The lowest BCUT2D eigenvalue weighted by molar-refractivity contribution is -0.139. The Bertz CT molecular complexity index is 1170. The number of nitrogens with zero attached hydrogens (tertiary/aromatic N) is 2. The minimum atomic E-state index is -3.81. The quantitative estimate of drug-likeness (QED) is 0.471. The molecular formula is C25H33Cl2N3O4S. The maximum absolute atomic E-state index is 13.7. The van der Waals surface area contributed by atoms with E-state index in [0.29, 0.717) is 21.3 Å². The summed E-state index contributed by atoms with van der Waals surface area (Å²) in [6, 6.07) is 9.35. The van der Waals surface area contributed by atoms with Crippen molar-refractivity contribution in [3.63, 3.8) is 0 Å². The van der Waals surface area contributed by atoms with Gasteiger partial charge >= 0.3 is 0 Å². The molecule has 192 valence electrons. The zero-order chi connectivity index (χ0) is 26.5. The highest BCUT2D eigenvalue weighted by Gasteiger charge is 2.31. The molecule has 0 fully saturated rings. The van der Waals surface area contributed by atoms with Crippen molar-refractivity contribution >= 4 is 50.7 Å². The fraction of sp³-hybridized carbons (Fsp3) is 0.440. The van der Waals surface area contributed by atoms with E-state index in [1.807, 2.05) is 19.9 Å². The standard InChI is InChI=1S/C25H33Cl2N3O4S/c1-7-18(4)28-25(32)19(5)29(14-20-11-12-21(26)13-22(20)27)23(31)15-30(35(6,33)34)24-16(2)9-8-10-17(24)3/h8-13,18-19H,7,14-15H2,1-6H3,(H,28,32). The summed E-state index contributed by atoms with van der Waals surface area (Å²) in [6.07, 6.45) is 1.79. The SMILES string of the molecule is CCC(C)NC(=O)C(C)N(Cc1ccc(Cl)cc1Cl)C(=O)CN(c1c(C)cccc1C)S(C)(=O)=O. The summed E-state index contributed by atoms with van der Waals surface area (Å²) in [5, 5.41) is 3.68. The number of amides is 2. The fourth-order valence-electron chi connectivity index (χ4n) is 3.66. The van der Waals surface area contributed by atoms with Gasteiger partial charge in [-0.2, -0.15) is 0 Å². The van der Waals surface area contributed by atoms with Gasteiger partial charge in [0, 0.05) is 22.6 Å². The van der Waals surface area contributed by atoms with Gasteiger partial charge in [0.15, 0.2) is 0 Å². The largest absolute Gasteiger partial charge is 0.352 e. The first-order valence-electron chi connectivity index (χ1n) is 11.3. The molecule has 0 spiro atoms. The smallest absolute Gasteiger partial charge is 0.244 e. The molecule has 0 saturated heterocycles. The highest BCUT2D eigenvalue weighted by molar-refractivity contribution is 7.92. The molecule has 0 aliphatic heterocycles. The number of hydrogen-bond donors (Lipinski definition) is 1. The normalized spacial score (nSPS) is 13.1. The van der Waals surface area contributed by atoms with Gasteiger partial charge in [-0.3, -0.25) is 13.9 Å². The van der Waals surface area contributed by atoms with Gasteiger partial charge in [-0.1, -0.05) is 54.4 Å². The maximum atomic E-state index is 13.7. The molecule has 2 unspecified atom stereocenters. The summed E-state index contributed by atoms with van der Waals surface area (Å²) in [5.41, 5.74) is 2.48. The monoisotopic (exact) mass is 541 g/mol. The van der Waals surface area contributed by atoms with Gasteiger partial charge in [0.2, 0.25) is 21.8 Å². The van der Waals surface area contributed by atoms with Gasteiger partial charge in [-0.15, -0.1) is 0 Å². The number of para-hydroxylation sites is 1. The highest BCUT2D eigenvalue weighted by Crippen LogP contribution is 2.28. The number of anilines is 1. The van der Waals surface area contributed by atoms with Gasteiger partial charge in [-0.05, 0) is 62.9 Å². The molecule has 0 heterocycles. The Kier molecular flexibility index (Phi) is 10.0. The lowest BCUT2D eigenvalue weighted by atomic mass is 10.1. The fourth-order valence-corrected chi connectivity index (χ4v) is 5.09. The van der Waals surface area contributed by atoms with Crippen molar-refractivity contribution in [2.45, 2.75) is 59.7 Å².